The molecular weight excluding hydrogens is 258 g/mol. The highest BCUT2D eigenvalue weighted by Crippen LogP contribution is 2.31. The van der Waals surface area contributed by atoms with Gasteiger partial charge in [0.1, 0.15) is 5.82 Å². The highest BCUT2D eigenvalue weighted by molar-refractivity contribution is 5.37. The predicted octanol–water partition coefficient (Wildman–Crippen LogP) is 4.37. The number of hydrogen-bond acceptors (Lipinski definition) is 3. The van der Waals surface area contributed by atoms with E-state index >= 15 is 0 Å². The number of nitrogens with one attached hydrogen (secondary N) is 1. The van der Waals surface area contributed by atoms with Crippen LogP contribution in [0.2, 0.25) is 0 Å². The van der Waals surface area contributed by atoms with E-state index in [2.05, 4.69) is 40.5 Å². The number of likely N-dealkylation sites (tertiary alicyclic amines) is 1. The van der Waals surface area contributed by atoms with Crippen LogP contribution in [-0.2, 0) is 0 Å². The van der Waals surface area contributed by atoms with Gasteiger partial charge >= 0.3 is 0 Å². The molecule has 2 aliphatic rings. The van der Waals surface area contributed by atoms with Crippen molar-refractivity contribution >= 4 is 5.82 Å². The summed E-state index contributed by atoms with van der Waals surface area (Å²) >= 11 is 0. The Morgan fingerprint density at radius 3 is 2.76 bits per heavy atom. The number of piperidine rings is 1. The van der Waals surface area contributed by atoms with E-state index in [9.17, 15) is 0 Å². The van der Waals surface area contributed by atoms with Gasteiger partial charge in [-0.2, -0.15) is 0 Å². The zero-order valence-corrected chi connectivity index (χ0v) is 13.4. The van der Waals surface area contributed by atoms with E-state index < -0.39 is 0 Å². The van der Waals surface area contributed by atoms with Gasteiger partial charge in [-0.25, -0.2) is 4.98 Å². The van der Waals surface area contributed by atoms with E-state index in [0.29, 0.717) is 12.1 Å². The minimum absolute atomic E-state index is 0.593. The molecule has 1 saturated heterocycles. The van der Waals surface area contributed by atoms with Gasteiger partial charge < -0.3 is 5.32 Å². The van der Waals surface area contributed by atoms with Gasteiger partial charge in [0.15, 0.2) is 0 Å². The van der Waals surface area contributed by atoms with Crippen molar-refractivity contribution < 1.29 is 0 Å². The highest BCUT2D eigenvalue weighted by atomic mass is 15.2. The summed E-state index contributed by atoms with van der Waals surface area (Å²) in [4.78, 5) is 7.32. The highest BCUT2D eigenvalue weighted by Gasteiger charge is 2.24. The van der Waals surface area contributed by atoms with Crippen LogP contribution in [0.5, 0.6) is 0 Å². The van der Waals surface area contributed by atoms with Gasteiger partial charge in [-0.05, 0) is 63.2 Å². The van der Waals surface area contributed by atoms with Gasteiger partial charge in [-0.1, -0.05) is 25.8 Å². The molecule has 0 amide bonds. The van der Waals surface area contributed by atoms with Crippen LogP contribution in [0.1, 0.15) is 69.9 Å². The van der Waals surface area contributed by atoms with Crippen molar-refractivity contribution in [1.82, 2.24) is 9.88 Å². The molecule has 1 aromatic rings. The lowest BCUT2D eigenvalue weighted by Crippen LogP contribution is -2.34. The molecule has 0 spiro atoms. The molecule has 1 saturated carbocycles. The topological polar surface area (TPSA) is 28.2 Å². The van der Waals surface area contributed by atoms with Crippen LogP contribution in [0.25, 0.3) is 0 Å². The van der Waals surface area contributed by atoms with Crippen molar-refractivity contribution in [1.29, 1.82) is 0 Å². The molecule has 1 atom stereocenters. The Balaban J connectivity index is 1.62. The smallest absolute Gasteiger partial charge is 0.126 e. The normalized spacial score (nSPS) is 23.8. The van der Waals surface area contributed by atoms with Gasteiger partial charge in [0.25, 0.3) is 0 Å². The fourth-order valence-corrected chi connectivity index (χ4v) is 3.45. The van der Waals surface area contributed by atoms with Crippen molar-refractivity contribution in [3.05, 3.63) is 23.9 Å². The molecule has 1 N–H and O–H groups in total. The molecule has 116 valence electrons. The quantitative estimate of drug-likeness (QED) is 0.842. The molecule has 1 aromatic heterocycles. The van der Waals surface area contributed by atoms with E-state index in [4.69, 9.17) is 0 Å². The first kappa shape index (κ1) is 14.8. The summed E-state index contributed by atoms with van der Waals surface area (Å²) in [5, 5.41) is 3.53. The maximum absolute atomic E-state index is 4.65. The van der Waals surface area contributed by atoms with Crippen molar-refractivity contribution in [2.24, 2.45) is 0 Å². The molecule has 3 nitrogen and oxygen atoms in total. The standard InChI is InChI=1S/C18H29N3/c1-2-3-12-21-13-5-4-9-17(21)15-10-11-18(19-14-15)20-16-7-6-8-16/h10-11,14,16-17H,2-9,12-13H2,1H3,(H,19,20)/t17-/m1/s1. The van der Waals surface area contributed by atoms with Crippen LogP contribution in [0, 0.1) is 0 Å². The molecule has 1 aliphatic heterocycles. The molecule has 21 heavy (non-hydrogen) atoms. The second kappa shape index (κ2) is 7.26. The Morgan fingerprint density at radius 2 is 2.10 bits per heavy atom. The summed E-state index contributed by atoms with van der Waals surface area (Å²) in [6.07, 6.45) is 12.7. The molecule has 0 unspecified atom stereocenters. The van der Waals surface area contributed by atoms with Crippen molar-refractivity contribution in [2.45, 2.75) is 70.4 Å². The minimum atomic E-state index is 0.593. The van der Waals surface area contributed by atoms with Gasteiger partial charge in [0.05, 0.1) is 0 Å². The largest absolute Gasteiger partial charge is 0.367 e. The van der Waals surface area contributed by atoms with Gasteiger partial charge in [-0.3, -0.25) is 4.90 Å². The zero-order valence-electron chi connectivity index (χ0n) is 13.4. The number of pyridine rings is 1. The average molecular weight is 287 g/mol. The van der Waals surface area contributed by atoms with Crippen LogP contribution in [0.3, 0.4) is 0 Å². The van der Waals surface area contributed by atoms with Crippen LogP contribution < -0.4 is 5.32 Å². The Bertz CT molecular complexity index is 425. The molecule has 0 bridgehead atoms. The van der Waals surface area contributed by atoms with E-state index in [0.717, 1.165) is 5.82 Å². The Hall–Kier alpha value is -1.09. The van der Waals surface area contributed by atoms with Crippen molar-refractivity contribution in [3.63, 3.8) is 0 Å². The van der Waals surface area contributed by atoms with Crippen LogP contribution >= 0.6 is 0 Å². The summed E-state index contributed by atoms with van der Waals surface area (Å²) in [6, 6.07) is 5.73. The third-order valence-corrected chi connectivity index (χ3v) is 5.04. The van der Waals surface area contributed by atoms with Crippen LogP contribution in [-0.4, -0.2) is 29.0 Å². The summed E-state index contributed by atoms with van der Waals surface area (Å²) in [5.41, 5.74) is 1.41. The van der Waals surface area contributed by atoms with Crippen molar-refractivity contribution in [2.75, 3.05) is 18.4 Å². The lowest BCUT2D eigenvalue weighted by atomic mass is 9.93. The Labute approximate surface area is 129 Å². The summed E-state index contributed by atoms with van der Waals surface area (Å²) in [7, 11) is 0. The number of unbranched alkanes of at least 4 members (excludes halogenated alkanes) is 1. The van der Waals surface area contributed by atoms with Gasteiger partial charge in [0, 0.05) is 18.3 Å². The summed E-state index contributed by atoms with van der Waals surface area (Å²) in [5.74, 6) is 1.05. The second-order valence-electron chi connectivity index (χ2n) is 6.65. The van der Waals surface area contributed by atoms with Gasteiger partial charge in [-0.15, -0.1) is 0 Å². The Morgan fingerprint density at radius 1 is 1.19 bits per heavy atom. The maximum atomic E-state index is 4.65. The second-order valence-corrected chi connectivity index (χ2v) is 6.65. The molecule has 2 fully saturated rings. The fraction of sp³-hybridized carbons (Fsp3) is 0.722. The lowest BCUT2D eigenvalue weighted by Gasteiger charge is -2.36. The third kappa shape index (κ3) is 3.76. The molecule has 3 rings (SSSR count). The maximum Gasteiger partial charge on any atom is 0.126 e. The van der Waals surface area contributed by atoms with E-state index in [1.165, 1.54) is 70.0 Å². The average Bonchev–Trinajstić information content (AvgIpc) is 2.50. The summed E-state index contributed by atoms with van der Waals surface area (Å²) in [6.45, 7) is 4.78. The molecular formula is C18H29N3. The first-order chi connectivity index (χ1) is 10.4. The number of nitrogens with zero attached hydrogens (tertiary/aromatic N) is 2. The number of aromatic nitrogens is 1. The number of rotatable bonds is 6. The molecule has 0 radical (unpaired) electrons. The van der Waals surface area contributed by atoms with E-state index in [-0.39, 0.29) is 0 Å². The Kier molecular flexibility index (Phi) is 5.13. The first-order valence-corrected chi connectivity index (χ1v) is 8.83. The zero-order chi connectivity index (χ0) is 14.5. The van der Waals surface area contributed by atoms with E-state index in [1.807, 2.05) is 0 Å². The molecule has 0 aromatic carbocycles. The number of anilines is 1. The molecule has 1 aliphatic carbocycles. The SMILES string of the molecule is CCCCN1CCCC[C@@H]1c1ccc(NC2CCC2)nc1. The van der Waals surface area contributed by atoms with E-state index in [1.54, 1.807) is 0 Å². The third-order valence-electron chi connectivity index (χ3n) is 5.04. The van der Waals surface area contributed by atoms with Crippen molar-refractivity contribution in [3.8, 4) is 0 Å². The lowest BCUT2D eigenvalue weighted by molar-refractivity contribution is 0.146. The predicted molar refractivity (Wildman–Crippen MR) is 88.6 cm³/mol. The molecule has 3 heteroatoms. The first-order valence-electron chi connectivity index (χ1n) is 8.83. The van der Waals surface area contributed by atoms with Gasteiger partial charge in [0.2, 0.25) is 0 Å². The minimum Gasteiger partial charge on any atom is -0.367 e. The number of hydrogen-bond donors (Lipinski definition) is 1. The monoisotopic (exact) mass is 287 g/mol. The summed E-state index contributed by atoms with van der Waals surface area (Å²) < 4.78 is 0. The van der Waals surface area contributed by atoms with Crippen LogP contribution in [0.15, 0.2) is 18.3 Å². The van der Waals surface area contributed by atoms with Crippen LogP contribution in [0.4, 0.5) is 5.82 Å². The fourth-order valence-electron chi connectivity index (χ4n) is 3.45. The molecule has 2 heterocycles.